The molecule has 0 radical (unpaired) electrons. The van der Waals surface area contributed by atoms with Crippen molar-refractivity contribution in [1.29, 1.82) is 0 Å². The molecular weight excluding hydrogens is 408 g/mol. The van der Waals surface area contributed by atoms with Gasteiger partial charge in [0.25, 0.3) is 0 Å². The minimum atomic E-state index is -0.829. The van der Waals surface area contributed by atoms with E-state index >= 15 is 0 Å². The Morgan fingerprint density at radius 2 is 1.91 bits per heavy atom. The van der Waals surface area contributed by atoms with Crippen LogP contribution in [0.15, 0.2) is 35.9 Å². The molecule has 7 nitrogen and oxygen atoms in total. The van der Waals surface area contributed by atoms with Crippen LogP contribution in [0.3, 0.4) is 0 Å². The summed E-state index contributed by atoms with van der Waals surface area (Å²) in [5.74, 6) is -0.508. The normalized spacial score (nSPS) is 22.4. The Balaban J connectivity index is 1.76. The van der Waals surface area contributed by atoms with Gasteiger partial charge in [-0.15, -0.1) is 0 Å². The van der Waals surface area contributed by atoms with Crippen LogP contribution in [0.5, 0.6) is 5.75 Å². The Hall–Kier alpha value is -2.51. The summed E-state index contributed by atoms with van der Waals surface area (Å²) in [4.78, 5) is 38.8. The molecule has 0 aromatic heterocycles. The lowest BCUT2D eigenvalue weighted by molar-refractivity contribution is -0.133. The van der Waals surface area contributed by atoms with Gasteiger partial charge in [0, 0.05) is 12.3 Å². The lowest BCUT2D eigenvalue weighted by Crippen LogP contribution is -2.49. The number of methoxy groups -OCH3 is 1. The summed E-state index contributed by atoms with van der Waals surface area (Å²) >= 11 is 0. The lowest BCUT2D eigenvalue weighted by Gasteiger charge is -2.24. The fraction of sp³-hybridized carbons (Fsp3) is 0.560. The van der Waals surface area contributed by atoms with Gasteiger partial charge >= 0.3 is 0 Å². The van der Waals surface area contributed by atoms with E-state index in [4.69, 9.17) is 15.2 Å². The van der Waals surface area contributed by atoms with E-state index in [0.29, 0.717) is 19.4 Å². The van der Waals surface area contributed by atoms with Crippen molar-refractivity contribution in [2.75, 3.05) is 13.7 Å². The SMILES string of the molecule is COc1ccc(C[C@H](CC(=O)[C@H](C)N)C(=O)N[C@@H](CC2=CCCC2)C(=O)[C@@]2(C)CO2)cc1. The van der Waals surface area contributed by atoms with Crippen LogP contribution >= 0.6 is 0 Å². The van der Waals surface area contributed by atoms with Crippen LogP contribution < -0.4 is 15.8 Å². The number of ether oxygens (including phenoxy) is 2. The molecular formula is C25H34N2O5. The zero-order valence-corrected chi connectivity index (χ0v) is 19.2. The summed E-state index contributed by atoms with van der Waals surface area (Å²) in [6.45, 7) is 3.75. The molecule has 0 unspecified atom stereocenters. The first-order chi connectivity index (χ1) is 15.2. The van der Waals surface area contributed by atoms with E-state index in [1.165, 1.54) is 5.57 Å². The van der Waals surface area contributed by atoms with E-state index in [2.05, 4.69) is 11.4 Å². The predicted molar refractivity (Wildman–Crippen MR) is 121 cm³/mol. The van der Waals surface area contributed by atoms with E-state index in [9.17, 15) is 14.4 Å². The summed E-state index contributed by atoms with van der Waals surface area (Å²) < 4.78 is 10.5. The van der Waals surface area contributed by atoms with Gasteiger partial charge in [0.2, 0.25) is 5.91 Å². The number of amides is 1. The maximum absolute atomic E-state index is 13.3. The van der Waals surface area contributed by atoms with Gasteiger partial charge in [0.15, 0.2) is 5.78 Å². The largest absolute Gasteiger partial charge is 0.497 e. The van der Waals surface area contributed by atoms with Gasteiger partial charge in [0.05, 0.1) is 25.8 Å². The second kappa shape index (κ2) is 10.4. The summed E-state index contributed by atoms with van der Waals surface area (Å²) in [5.41, 5.74) is 7.03. The Kier molecular flexibility index (Phi) is 7.85. The molecule has 4 atom stereocenters. The molecule has 1 aromatic carbocycles. The number of ketones is 2. The molecule has 3 N–H and O–H groups in total. The molecule has 0 spiro atoms. The van der Waals surface area contributed by atoms with Gasteiger partial charge in [-0.3, -0.25) is 14.4 Å². The third-order valence-electron chi connectivity index (χ3n) is 6.30. The number of carbonyl (C=O) groups is 3. The number of nitrogens with one attached hydrogen (secondary N) is 1. The lowest BCUT2D eigenvalue weighted by atomic mass is 9.90. The molecule has 3 rings (SSSR count). The maximum atomic E-state index is 13.3. The highest BCUT2D eigenvalue weighted by Gasteiger charge is 2.50. The van der Waals surface area contributed by atoms with Gasteiger partial charge < -0.3 is 20.5 Å². The fourth-order valence-corrected chi connectivity index (χ4v) is 4.04. The van der Waals surface area contributed by atoms with Crippen LogP contribution in [0, 0.1) is 5.92 Å². The average molecular weight is 443 g/mol. The molecule has 32 heavy (non-hydrogen) atoms. The molecule has 1 amide bonds. The number of allylic oxidation sites excluding steroid dienone is 1. The van der Waals surface area contributed by atoms with E-state index in [0.717, 1.165) is 30.6 Å². The van der Waals surface area contributed by atoms with Crippen molar-refractivity contribution in [1.82, 2.24) is 5.32 Å². The molecule has 0 bridgehead atoms. The molecule has 1 aromatic rings. The number of nitrogens with two attached hydrogens (primary N) is 1. The van der Waals surface area contributed by atoms with Gasteiger partial charge in [0.1, 0.15) is 17.1 Å². The van der Waals surface area contributed by atoms with Crippen LogP contribution in [0.2, 0.25) is 0 Å². The first-order valence-corrected chi connectivity index (χ1v) is 11.3. The number of rotatable bonds is 12. The monoisotopic (exact) mass is 442 g/mol. The molecule has 7 heteroatoms. The van der Waals surface area contributed by atoms with Crippen LogP contribution in [-0.4, -0.2) is 48.9 Å². The van der Waals surface area contributed by atoms with Crippen LogP contribution in [-0.2, 0) is 25.5 Å². The molecule has 1 aliphatic heterocycles. The van der Waals surface area contributed by atoms with E-state index in [1.807, 2.05) is 24.3 Å². The summed E-state index contributed by atoms with van der Waals surface area (Å²) in [7, 11) is 1.59. The Morgan fingerprint density at radius 1 is 1.22 bits per heavy atom. The Bertz CT molecular complexity index is 871. The number of benzene rings is 1. The van der Waals surface area contributed by atoms with Gasteiger partial charge in [-0.2, -0.15) is 0 Å². The van der Waals surface area contributed by atoms with Crippen molar-refractivity contribution in [3.05, 3.63) is 41.5 Å². The number of epoxide rings is 1. The molecule has 174 valence electrons. The average Bonchev–Trinajstić information content (AvgIpc) is 3.31. The van der Waals surface area contributed by atoms with E-state index < -0.39 is 23.6 Å². The van der Waals surface area contributed by atoms with Crippen LogP contribution in [0.4, 0.5) is 0 Å². The zero-order chi connectivity index (χ0) is 23.3. The number of carbonyl (C=O) groups excluding carboxylic acids is 3. The first kappa shape index (κ1) is 24.1. The third-order valence-corrected chi connectivity index (χ3v) is 6.30. The van der Waals surface area contributed by atoms with Crippen molar-refractivity contribution in [2.24, 2.45) is 11.7 Å². The highest BCUT2D eigenvalue weighted by Crippen LogP contribution is 2.31. The number of Topliss-reactive ketones (excluding diaryl/α,β-unsaturated/α-hetero) is 2. The fourth-order valence-electron chi connectivity index (χ4n) is 4.04. The first-order valence-electron chi connectivity index (χ1n) is 11.3. The van der Waals surface area contributed by atoms with Crippen LogP contribution in [0.1, 0.15) is 51.5 Å². The topological polar surface area (TPSA) is 111 Å². The summed E-state index contributed by atoms with van der Waals surface area (Å²) in [6.07, 6.45) is 6.03. The van der Waals surface area contributed by atoms with Crippen LogP contribution in [0.25, 0.3) is 0 Å². The zero-order valence-electron chi connectivity index (χ0n) is 19.2. The van der Waals surface area contributed by atoms with Crippen molar-refractivity contribution in [3.63, 3.8) is 0 Å². The van der Waals surface area contributed by atoms with Crippen molar-refractivity contribution in [3.8, 4) is 5.75 Å². The van der Waals surface area contributed by atoms with Crippen molar-refractivity contribution < 1.29 is 23.9 Å². The standard InChI is InChI=1S/C25H34N2O5/c1-16(26)22(28)14-19(12-18-8-10-20(31-3)11-9-18)24(30)27-21(13-17-6-4-5-7-17)23(29)25(2)15-32-25/h6,8-11,16,19,21H,4-5,7,12-15,26H2,1-3H3,(H,27,30)/t16-,19+,21-,25+/m0/s1. The van der Waals surface area contributed by atoms with Gasteiger partial charge in [-0.1, -0.05) is 23.8 Å². The predicted octanol–water partition coefficient (Wildman–Crippen LogP) is 2.50. The highest BCUT2D eigenvalue weighted by molar-refractivity contribution is 5.97. The summed E-state index contributed by atoms with van der Waals surface area (Å²) in [5, 5.41) is 2.95. The second-order valence-electron chi connectivity index (χ2n) is 9.11. The molecule has 1 fully saturated rings. The van der Waals surface area contributed by atoms with Gasteiger partial charge in [-0.25, -0.2) is 0 Å². The number of hydrogen-bond acceptors (Lipinski definition) is 6. The summed E-state index contributed by atoms with van der Waals surface area (Å²) in [6, 6.07) is 6.08. The van der Waals surface area contributed by atoms with E-state index in [-0.39, 0.29) is 23.9 Å². The van der Waals surface area contributed by atoms with Crippen molar-refractivity contribution in [2.45, 2.75) is 70.1 Å². The smallest absolute Gasteiger partial charge is 0.224 e. The molecule has 1 saturated heterocycles. The van der Waals surface area contributed by atoms with Crippen molar-refractivity contribution >= 4 is 17.5 Å². The second-order valence-corrected chi connectivity index (χ2v) is 9.11. The molecule has 2 aliphatic rings. The third kappa shape index (κ3) is 6.26. The molecule has 1 aliphatic carbocycles. The number of hydrogen-bond donors (Lipinski definition) is 2. The maximum Gasteiger partial charge on any atom is 0.224 e. The van der Waals surface area contributed by atoms with E-state index in [1.54, 1.807) is 21.0 Å². The van der Waals surface area contributed by atoms with Gasteiger partial charge in [-0.05, 0) is 63.6 Å². The Morgan fingerprint density at radius 3 is 2.44 bits per heavy atom. The molecule has 1 heterocycles. The minimum absolute atomic E-state index is 0.0207. The Labute approximate surface area is 189 Å². The highest BCUT2D eigenvalue weighted by atomic mass is 16.6. The minimum Gasteiger partial charge on any atom is -0.497 e. The molecule has 0 saturated carbocycles. The quantitative estimate of drug-likeness (QED) is 0.380.